The number of anilines is 2. The van der Waals surface area contributed by atoms with Gasteiger partial charge in [-0.1, -0.05) is 6.07 Å². The Kier molecular flexibility index (Phi) is 5.38. The van der Waals surface area contributed by atoms with Gasteiger partial charge >= 0.3 is 0 Å². The molecule has 1 saturated carbocycles. The summed E-state index contributed by atoms with van der Waals surface area (Å²) in [5, 5.41) is 6.06. The highest BCUT2D eigenvalue weighted by atomic mass is 32.1. The molecule has 0 spiro atoms. The van der Waals surface area contributed by atoms with E-state index in [2.05, 4.69) is 15.5 Å². The number of rotatable bonds is 4. The predicted octanol–water partition coefficient (Wildman–Crippen LogP) is 4.41. The standard InChI is InChI=1S/C20H19FN4OS/c1-12-10-13(4-9-18(12)22-2)24-20(27)25(14-5-6-14)15-7-8-16(17(21)11-15)19(26)23-3/h4,7-11,14H,5-6H2,1,3H3,(H,23,26)(H,24,27). The molecular weight excluding hydrogens is 363 g/mol. The van der Waals surface area contributed by atoms with Gasteiger partial charge in [0.15, 0.2) is 10.8 Å². The number of carbonyl (C=O) groups excluding carboxylic acids is 1. The topological polar surface area (TPSA) is 48.7 Å². The minimum atomic E-state index is -0.586. The smallest absolute Gasteiger partial charge is 0.253 e. The van der Waals surface area contributed by atoms with Crippen molar-refractivity contribution in [2.75, 3.05) is 17.3 Å². The van der Waals surface area contributed by atoms with Crippen molar-refractivity contribution in [1.82, 2.24) is 5.32 Å². The summed E-state index contributed by atoms with van der Waals surface area (Å²) < 4.78 is 14.4. The Labute approximate surface area is 163 Å². The first kappa shape index (κ1) is 18.8. The van der Waals surface area contributed by atoms with Gasteiger partial charge in [-0.15, -0.1) is 0 Å². The second-order valence-electron chi connectivity index (χ2n) is 6.39. The molecule has 0 atom stereocenters. The highest BCUT2D eigenvalue weighted by Gasteiger charge is 2.32. The van der Waals surface area contributed by atoms with Gasteiger partial charge in [-0.05, 0) is 67.9 Å². The molecule has 0 saturated heterocycles. The second-order valence-corrected chi connectivity index (χ2v) is 6.77. The first-order valence-electron chi connectivity index (χ1n) is 8.54. The first-order valence-corrected chi connectivity index (χ1v) is 8.95. The Bertz CT molecular complexity index is 949. The van der Waals surface area contributed by atoms with Gasteiger partial charge in [0.2, 0.25) is 0 Å². The van der Waals surface area contributed by atoms with Crippen LogP contribution in [0.25, 0.3) is 4.85 Å². The maximum atomic E-state index is 14.4. The van der Waals surface area contributed by atoms with Gasteiger partial charge in [-0.2, -0.15) is 0 Å². The van der Waals surface area contributed by atoms with E-state index in [9.17, 15) is 9.18 Å². The van der Waals surface area contributed by atoms with Crippen molar-refractivity contribution in [1.29, 1.82) is 0 Å². The fourth-order valence-electron chi connectivity index (χ4n) is 2.84. The van der Waals surface area contributed by atoms with Crippen LogP contribution in [0.3, 0.4) is 0 Å². The number of nitrogens with one attached hydrogen (secondary N) is 2. The van der Waals surface area contributed by atoms with Gasteiger partial charge < -0.3 is 15.5 Å². The van der Waals surface area contributed by atoms with Crippen LogP contribution >= 0.6 is 12.2 Å². The zero-order valence-corrected chi connectivity index (χ0v) is 15.9. The predicted molar refractivity (Wildman–Crippen MR) is 109 cm³/mol. The minimum absolute atomic E-state index is 0.00114. The third-order valence-corrected chi connectivity index (χ3v) is 4.70. The molecule has 7 heteroatoms. The van der Waals surface area contributed by atoms with Crippen molar-refractivity contribution in [2.24, 2.45) is 0 Å². The van der Waals surface area contributed by atoms with E-state index >= 15 is 0 Å². The molecule has 2 aromatic carbocycles. The SMILES string of the molecule is [C-]#[N+]c1ccc(NC(=S)N(c2ccc(C(=O)NC)c(F)c2)C2CC2)cc1C. The molecule has 1 aliphatic carbocycles. The average molecular weight is 382 g/mol. The summed E-state index contributed by atoms with van der Waals surface area (Å²) in [5.41, 5.74) is 2.84. The number of thiocarbonyl (C=S) groups is 1. The fourth-order valence-corrected chi connectivity index (χ4v) is 3.21. The van der Waals surface area contributed by atoms with E-state index in [0.717, 1.165) is 24.1 Å². The average Bonchev–Trinajstić information content (AvgIpc) is 3.46. The maximum absolute atomic E-state index is 14.4. The number of hydrogen-bond donors (Lipinski definition) is 2. The number of carbonyl (C=O) groups is 1. The van der Waals surface area contributed by atoms with Gasteiger partial charge in [0.1, 0.15) is 5.82 Å². The molecule has 2 N–H and O–H groups in total. The Morgan fingerprint density at radius 3 is 2.59 bits per heavy atom. The van der Waals surface area contributed by atoms with E-state index in [-0.39, 0.29) is 11.6 Å². The number of benzene rings is 2. The van der Waals surface area contributed by atoms with E-state index in [0.29, 0.717) is 16.5 Å². The molecule has 0 radical (unpaired) electrons. The lowest BCUT2D eigenvalue weighted by Gasteiger charge is -2.26. The van der Waals surface area contributed by atoms with Gasteiger partial charge in [0.05, 0.1) is 12.1 Å². The van der Waals surface area contributed by atoms with Crippen molar-refractivity contribution in [3.63, 3.8) is 0 Å². The van der Waals surface area contributed by atoms with E-state index in [1.165, 1.54) is 19.2 Å². The summed E-state index contributed by atoms with van der Waals surface area (Å²) in [7, 11) is 1.46. The summed E-state index contributed by atoms with van der Waals surface area (Å²) in [4.78, 5) is 17.0. The first-order chi connectivity index (χ1) is 12.9. The van der Waals surface area contributed by atoms with Crippen molar-refractivity contribution in [3.8, 4) is 0 Å². The zero-order valence-electron chi connectivity index (χ0n) is 15.0. The van der Waals surface area contributed by atoms with Crippen molar-refractivity contribution in [2.45, 2.75) is 25.8 Å². The summed E-state index contributed by atoms with van der Waals surface area (Å²) >= 11 is 5.56. The van der Waals surface area contributed by atoms with E-state index < -0.39 is 11.7 Å². The number of hydrogen-bond acceptors (Lipinski definition) is 2. The molecule has 0 aliphatic heterocycles. The summed E-state index contributed by atoms with van der Waals surface area (Å²) in [6.45, 7) is 9.00. The molecule has 27 heavy (non-hydrogen) atoms. The van der Waals surface area contributed by atoms with Gasteiger partial charge in [0.25, 0.3) is 5.91 Å². The lowest BCUT2D eigenvalue weighted by atomic mass is 10.1. The summed E-state index contributed by atoms with van der Waals surface area (Å²) in [6.07, 6.45) is 1.94. The molecule has 0 bridgehead atoms. The highest BCUT2D eigenvalue weighted by molar-refractivity contribution is 7.80. The van der Waals surface area contributed by atoms with E-state index in [1.807, 2.05) is 17.9 Å². The Balaban J connectivity index is 1.85. The van der Waals surface area contributed by atoms with Gasteiger partial charge in [-0.25, -0.2) is 9.24 Å². The van der Waals surface area contributed by atoms with Crippen LogP contribution in [-0.4, -0.2) is 24.1 Å². The molecule has 0 aromatic heterocycles. The molecule has 1 aliphatic rings. The monoisotopic (exact) mass is 382 g/mol. The maximum Gasteiger partial charge on any atom is 0.253 e. The minimum Gasteiger partial charge on any atom is -0.355 e. The number of halogens is 1. The van der Waals surface area contributed by atoms with Gasteiger partial charge in [0, 0.05) is 24.5 Å². The van der Waals surface area contributed by atoms with Crippen LogP contribution in [-0.2, 0) is 0 Å². The molecular formula is C20H19FN4OS. The summed E-state index contributed by atoms with van der Waals surface area (Å²) in [5.74, 6) is -1.05. The quantitative estimate of drug-likeness (QED) is 0.607. The van der Waals surface area contributed by atoms with Crippen molar-refractivity contribution < 1.29 is 9.18 Å². The molecule has 3 rings (SSSR count). The van der Waals surface area contributed by atoms with Crippen LogP contribution in [0.4, 0.5) is 21.5 Å². The molecule has 1 amide bonds. The largest absolute Gasteiger partial charge is 0.355 e. The molecule has 0 heterocycles. The number of amides is 1. The van der Waals surface area contributed by atoms with Crippen LogP contribution in [0, 0.1) is 19.3 Å². The zero-order chi connectivity index (χ0) is 19.6. The molecule has 138 valence electrons. The van der Waals surface area contributed by atoms with Crippen LogP contribution in [0.2, 0.25) is 0 Å². The third kappa shape index (κ3) is 4.07. The van der Waals surface area contributed by atoms with Crippen LogP contribution in [0.1, 0.15) is 28.8 Å². The van der Waals surface area contributed by atoms with E-state index in [1.54, 1.807) is 18.2 Å². The molecule has 0 unspecified atom stereocenters. The normalized spacial score (nSPS) is 12.8. The Morgan fingerprint density at radius 1 is 1.30 bits per heavy atom. The lowest BCUT2D eigenvalue weighted by Crippen LogP contribution is -2.36. The third-order valence-electron chi connectivity index (χ3n) is 4.40. The summed E-state index contributed by atoms with van der Waals surface area (Å²) in [6, 6.07) is 10.1. The lowest BCUT2D eigenvalue weighted by molar-refractivity contribution is 0.0959. The van der Waals surface area contributed by atoms with Crippen molar-refractivity contribution >= 4 is 40.3 Å². The highest BCUT2D eigenvalue weighted by Crippen LogP contribution is 2.33. The number of aryl methyl sites for hydroxylation is 1. The van der Waals surface area contributed by atoms with Crippen LogP contribution in [0.5, 0.6) is 0 Å². The molecule has 2 aromatic rings. The fraction of sp³-hybridized carbons (Fsp3) is 0.250. The van der Waals surface area contributed by atoms with Gasteiger partial charge in [-0.3, -0.25) is 4.79 Å². The van der Waals surface area contributed by atoms with Crippen LogP contribution < -0.4 is 15.5 Å². The molecule has 5 nitrogen and oxygen atoms in total. The Hall–Kier alpha value is -2.98. The second kappa shape index (κ2) is 7.72. The molecule has 1 fully saturated rings. The van der Waals surface area contributed by atoms with Crippen molar-refractivity contribution in [3.05, 3.63) is 64.8 Å². The van der Waals surface area contributed by atoms with Crippen LogP contribution in [0.15, 0.2) is 36.4 Å². The Morgan fingerprint density at radius 2 is 2.04 bits per heavy atom. The number of nitrogens with zero attached hydrogens (tertiary/aromatic N) is 2. The van der Waals surface area contributed by atoms with E-state index in [4.69, 9.17) is 18.8 Å².